The van der Waals surface area contributed by atoms with Crippen LogP contribution in [0.15, 0.2) is 42.7 Å². The minimum atomic E-state index is -0.574. The van der Waals surface area contributed by atoms with Crippen LogP contribution in [0.4, 0.5) is 5.69 Å². The van der Waals surface area contributed by atoms with Crippen molar-refractivity contribution in [1.82, 2.24) is 9.78 Å². The highest BCUT2D eigenvalue weighted by Gasteiger charge is 2.15. The Balaban J connectivity index is 1.92. The summed E-state index contributed by atoms with van der Waals surface area (Å²) in [6, 6.07) is 9.30. The Bertz CT molecular complexity index is 537. The molecule has 1 aromatic heterocycles. The molecular weight excluding hydrogens is 242 g/mol. The highest BCUT2D eigenvalue weighted by Crippen LogP contribution is 2.12. The summed E-state index contributed by atoms with van der Waals surface area (Å²) in [5.74, 6) is 0.410. The highest BCUT2D eigenvalue weighted by molar-refractivity contribution is 5.94. The zero-order valence-corrected chi connectivity index (χ0v) is 11.0. The minimum Gasteiger partial charge on any atom is -0.478 e. The van der Waals surface area contributed by atoms with Gasteiger partial charge in [0, 0.05) is 12.2 Å². The zero-order chi connectivity index (χ0) is 13.7. The maximum absolute atomic E-state index is 11.9. The summed E-state index contributed by atoms with van der Waals surface area (Å²) in [5, 5.41) is 6.88. The lowest BCUT2D eigenvalue weighted by Gasteiger charge is -2.13. The van der Waals surface area contributed by atoms with Crippen molar-refractivity contribution in [2.75, 3.05) is 5.32 Å². The number of anilines is 1. The van der Waals surface area contributed by atoms with Gasteiger partial charge in [-0.25, -0.2) is 0 Å². The third kappa shape index (κ3) is 3.58. The molecule has 5 heteroatoms. The Labute approximate surface area is 112 Å². The van der Waals surface area contributed by atoms with Crippen LogP contribution in [0.3, 0.4) is 0 Å². The summed E-state index contributed by atoms with van der Waals surface area (Å²) >= 11 is 0. The van der Waals surface area contributed by atoms with Gasteiger partial charge in [-0.1, -0.05) is 18.2 Å². The molecule has 100 valence electrons. The number of carbonyl (C=O) groups excluding carboxylic acids is 1. The number of hydrogen-bond acceptors (Lipinski definition) is 3. The van der Waals surface area contributed by atoms with E-state index in [4.69, 9.17) is 4.74 Å². The van der Waals surface area contributed by atoms with Gasteiger partial charge in [0.15, 0.2) is 11.9 Å². The number of rotatable bonds is 5. The van der Waals surface area contributed by atoms with Gasteiger partial charge in [0.2, 0.25) is 0 Å². The van der Waals surface area contributed by atoms with Crippen molar-refractivity contribution in [2.45, 2.75) is 26.5 Å². The smallest absolute Gasteiger partial charge is 0.265 e. The zero-order valence-electron chi connectivity index (χ0n) is 11.0. The topological polar surface area (TPSA) is 56.1 Å². The van der Waals surface area contributed by atoms with Gasteiger partial charge in [-0.15, -0.1) is 0 Å². The maximum atomic E-state index is 11.9. The number of amides is 1. The molecule has 0 bridgehead atoms. The van der Waals surface area contributed by atoms with Gasteiger partial charge < -0.3 is 10.1 Å². The molecule has 0 fully saturated rings. The van der Waals surface area contributed by atoms with E-state index >= 15 is 0 Å². The van der Waals surface area contributed by atoms with E-state index in [0.717, 1.165) is 12.2 Å². The number of para-hydroxylation sites is 1. The molecule has 1 heterocycles. The van der Waals surface area contributed by atoms with Crippen molar-refractivity contribution in [3.63, 3.8) is 0 Å². The van der Waals surface area contributed by atoms with Gasteiger partial charge in [0.25, 0.3) is 5.91 Å². The average molecular weight is 259 g/mol. The fourth-order valence-electron chi connectivity index (χ4n) is 1.60. The largest absolute Gasteiger partial charge is 0.478 e. The lowest BCUT2D eigenvalue weighted by atomic mass is 10.3. The molecule has 2 aromatic rings. The summed E-state index contributed by atoms with van der Waals surface area (Å²) in [6.07, 6.45) is 2.80. The highest BCUT2D eigenvalue weighted by atomic mass is 16.5. The van der Waals surface area contributed by atoms with Crippen molar-refractivity contribution in [2.24, 2.45) is 0 Å². The number of benzene rings is 1. The van der Waals surface area contributed by atoms with Crippen LogP contribution in [0, 0.1) is 0 Å². The van der Waals surface area contributed by atoms with Crippen LogP contribution >= 0.6 is 0 Å². The molecule has 0 spiro atoms. The molecule has 0 aliphatic carbocycles. The fourth-order valence-corrected chi connectivity index (χ4v) is 1.60. The van der Waals surface area contributed by atoms with Crippen molar-refractivity contribution in [3.8, 4) is 5.75 Å². The molecule has 1 N–H and O–H groups in total. The number of aryl methyl sites for hydroxylation is 1. The van der Waals surface area contributed by atoms with E-state index in [9.17, 15) is 4.79 Å². The Morgan fingerprint density at radius 2 is 2.16 bits per heavy atom. The molecule has 2 rings (SSSR count). The van der Waals surface area contributed by atoms with E-state index in [2.05, 4.69) is 10.4 Å². The summed E-state index contributed by atoms with van der Waals surface area (Å²) in [5.41, 5.74) is 0.757. The van der Waals surface area contributed by atoms with Gasteiger partial charge in [-0.2, -0.15) is 5.10 Å². The van der Waals surface area contributed by atoms with Crippen molar-refractivity contribution >= 4 is 11.6 Å². The van der Waals surface area contributed by atoms with Crippen LogP contribution < -0.4 is 10.1 Å². The number of ether oxygens (including phenoxy) is 1. The fraction of sp³-hybridized carbons (Fsp3) is 0.286. The maximum Gasteiger partial charge on any atom is 0.265 e. The second-order valence-electron chi connectivity index (χ2n) is 4.15. The van der Waals surface area contributed by atoms with Gasteiger partial charge in [0.05, 0.1) is 12.4 Å². The van der Waals surface area contributed by atoms with Crippen LogP contribution in [0.2, 0.25) is 0 Å². The second-order valence-corrected chi connectivity index (χ2v) is 4.15. The van der Waals surface area contributed by atoms with Gasteiger partial charge in [-0.3, -0.25) is 9.48 Å². The molecule has 0 aliphatic rings. The van der Waals surface area contributed by atoms with Crippen LogP contribution in [0.1, 0.15) is 13.8 Å². The van der Waals surface area contributed by atoms with Gasteiger partial charge in [-0.05, 0) is 26.0 Å². The van der Waals surface area contributed by atoms with E-state index < -0.39 is 6.10 Å². The molecule has 1 atom stereocenters. The van der Waals surface area contributed by atoms with Crippen LogP contribution in [-0.4, -0.2) is 21.8 Å². The molecule has 0 aliphatic heterocycles. The van der Waals surface area contributed by atoms with Gasteiger partial charge in [0.1, 0.15) is 0 Å². The summed E-state index contributed by atoms with van der Waals surface area (Å²) < 4.78 is 7.28. The van der Waals surface area contributed by atoms with E-state index in [1.165, 1.54) is 0 Å². The first-order valence-electron chi connectivity index (χ1n) is 6.24. The molecule has 0 radical (unpaired) electrons. The first kappa shape index (κ1) is 13.1. The quantitative estimate of drug-likeness (QED) is 0.896. The summed E-state index contributed by atoms with van der Waals surface area (Å²) in [6.45, 7) is 4.47. The molecule has 1 amide bonds. The van der Waals surface area contributed by atoms with Crippen LogP contribution in [0.5, 0.6) is 5.75 Å². The number of nitrogens with one attached hydrogen (secondary N) is 1. The van der Waals surface area contributed by atoms with E-state index in [-0.39, 0.29) is 5.91 Å². The predicted octanol–water partition coefficient (Wildman–Crippen LogP) is 2.31. The monoisotopic (exact) mass is 259 g/mol. The predicted molar refractivity (Wildman–Crippen MR) is 73.1 cm³/mol. The van der Waals surface area contributed by atoms with E-state index in [0.29, 0.717) is 5.75 Å². The third-order valence-electron chi connectivity index (χ3n) is 2.66. The number of nitrogens with zero attached hydrogens (tertiary/aromatic N) is 2. The summed E-state index contributed by atoms with van der Waals surface area (Å²) in [7, 11) is 0. The molecule has 0 saturated heterocycles. The molecule has 5 nitrogen and oxygen atoms in total. The van der Waals surface area contributed by atoms with Crippen molar-refractivity contribution < 1.29 is 9.53 Å². The average Bonchev–Trinajstić information content (AvgIpc) is 2.87. The molecular formula is C14H17N3O2. The normalized spacial score (nSPS) is 11.9. The Hall–Kier alpha value is -2.30. The van der Waals surface area contributed by atoms with Crippen molar-refractivity contribution in [3.05, 3.63) is 42.7 Å². The molecule has 0 saturated carbocycles. The standard InChI is InChI=1S/C14H17N3O2/c1-3-17-10-13(9-15-17)19-11(2)14(18)16-12-7-5-4-6-8-12/h4-11H,3H2,1-2H3,(H,16,18). The number of carbonyl (C=O) groups is 1. The number of aromatic nitrogens is 2. The molecule has 19 heavy (non-hydrogen) atoms. The SMILES string of the molecule is CCn1cc(OC(C)C(=O)Nc2ccccc2)cn1. The molecule has 1 unspecified atom stereocenters. The third-order valence-corrected chi connectivity index (χ3v) is 2.66. The van der Waals surface area contributed by atoms with E-state index in [1.54, 1.807) is 24.0 Å². The van der Waals surface area contributed by atoms with Crippen LogP contribution in [-0.2, 0) is 11.3 Å². The lowest BCUT2D eigenvalue weighted by Crippen LogP contribution is -2.30. The van der Waals surface area contributed by atoms with Gasteiger partial charge >= 0.3 is 0 Å². The Morgan fingerprint density at radius 1 is 1.42 bits per heavy atom. The Kier molecular flexibility index (Phi) is 4.18. The molecule has 1 aromatic carbocycles. The Morgan fingerprint density at radius 3 is 2.79 bits per heavy atom. The first-order valence-corrected chi connectivity index (χ1v) is 6.24. The second kappa shape index (κ2) is 6.04. The minimum absolute atomic E-state index is 0.185. The lowest BCUT2D eigenvalue weighted by molar-refractivity contribution is -0.122. The van der Waals surface area contributed by atoms with Crippen LogP contribution in [0.25, 0.3) is 0 Å². The van der Waals surface area contributed by atoms with Crippen molar-refractivity contribution in [1.29, 1.82) is 0 Å². The summed E-state index contributed by atoms with van der Waals surface area (Å²) in [4.78, 5) is 11.9. The first-order chi connectivity index (χ1) is 9.19. The number of hydrogen-bond donors (Lipinski definition) is 1. The van der Waals surface area contributed by atoms with E-state index in [1.807, 2.05) is 37.3 Å².